The van der Waals surface area contributed by atoms with Crippen molar-refractivity contribution in [3.63, 3.8) is 0 Å². The molecule has 1 aromatic carbocycles. The maximum absolute atomic E-state index is 14.2. The number of carbonyl (C=O) groups is 1. The standard InChI is InChI=1S/C17H18ClFN2O3/c1-10-14(17(22)21(2)9-11-5-4-8-23-11)16(20-24-10)15-12(18)6-3-7-13(15)19/h3,6-7,11H,4-5,8-9H2,1-2H3/t11-/m1/s1. The van der Waals surface area contributed by atoms with E-state index in [2.05, 4.69) is 5.16 Å². The molecule has 0 saturated carbocycles. The molecule has 1 aliphatic heterocycles. The first-order valence-corrected chi connectivity index (χ1v) is 8.14. The molecule has 0 N–H and O–H groups in total. The van der Waals surface area contributed by atoms with E-state index in [4.69, 9.17) is 20.9 Å². The van der Waals surface area contributed by atoms with Crippen molar-refractivity contribution in [1.82, 2.24) is 10.1 Å². The maximum Gasteiger partial charge on any atom is 0.259 e. The van der Waals surface area contributed by atoms with Gasteiger partial charge in [-0.15, -0.1) is 0 Å². The van der Waals surface area contributed by atoms with Gasteiger partial charge in [0.15, 0.2) is 0 Å². The Hall–Kier alpha value is -1.92. The van der Waals surface area contributed by atoms with Crippen molar-refractivity contribution in [2.75, 3.05) is 20.2 Å². The van der Waals surface area contributed by atoms with Crippen LogP contribution in [0, 0.1) is 12.7 Å². The van der Waals surface area contributed by atoms with E-state index in [1.54, 1.807) is 24.9 Å². The second kappa shape index (κ2) is 6.91. The number of nitrogens with zero attached hydrogens (tertiary/aromatic N) is 2. The molecule has 0 spiro atoms. The molecule has 24 heavy (non-hydrogen) atoms. The fraction of sp³-hybridized carbons (Fsp3) is 0.412. The molecule has 0 unspecified atom stereocenters. The third-order valence-electron chi connectivity index (χ3n) is 4.12. The Balaban J connectivity index is 1.93. The van der Waals surface area contributed by atoms with Gasteiger partial charge >= 0.3 is 0 Å². The Bertz CT molecular complexity index is 736. The van der Waals surface area contributed by atoms with Crippen molar-refractivity contribution in [3.8, 4) is 11.3 Å². The van der Waals surface area contributed by atoms with Crippen LogP contribution in [0.4, 0.5) is 4.39 Å². The van der Waals surface area contributed by atoms with E-state index in [1.807, 2.05) is 0 Å². The van der Waals surface area contributed by atoms with E-state index in [-0.39, 0.29) is 33.9 Å². The zero-order chi connectivity index (χ0) is 17.3. The Kier molecular flexibility index (Phi) is 4.87. The van der Waals surface area contributed by atoms with Crippen molar-refractivity contribution < 1.29 is 18.4 Å². The highest BCUT2D eigenvalue weighted by molar-refractivity contribution is 6.33. The number of rotatable bonds is 4. The van der Waals surface area contributed by atoms with Gasteiger partial charge in [0.2, 0.25) is 0 Å². The largest absolute Gasteiger partial charge is 0.376 e. The molecule has 7 heteroatoms. The molecule has 5 nitrogen and oxygen atoms in total. The van der Waals surface area contributed by atoms with Crippen LogP contribution in [0.2, 0.25) is 5.02 Å². The number of benzene rings is 1. The van der Waals surface area contributed by atoms with Crippen LogP contribution in [0.3, 0.4) is 0 Å². The molecular weight excluding hydrogens is 335 g/mol. The molecule has 2 heterocycles. The molecule has 0 aliphatic carbocycles. The average Bonchev–Trinajstić information content (AvgIpc) is 3.16. The summed E-state index contributed by atoms with van der Waals surface area (Å²) in [6.07, 6.45) is 1.95. The minimum atomic E-state index is -0.549. The Morgan fingerprint density at radius 3 is 2.96 bits per heavy atom. The minimum Gasteiger partial charge on any atom is -0.376 e. The van der Waals surface area contributed by atoms with Gasteiger partial charge < -0.3 is 14.2 Å². The molecular formula is C17H18ClFN2O3. The molecule has 1 atom stereocenters. The SMILES string of the molecule is Cc1onc(-c2c(F)cccc2Cl)c1C(=O)N(C)C[C@H]1CCCO1. The first kappa shape index (κ1) is 16.9. The summed E-state index contributed by atoms with van der Waals surface area (Å²) in [6, 6.07) is 4.32. The van der Waals surface area contributed by atoms with Crippen molar-refractivity contribution in [1.29, 1.82) is 0 Å². The lowest BCUT2D eigenvalue weighted by atomic mass is 10.0. The predicted octanol–water partition coefficient (Wildman–Crippen LogP) is 3.69. The van der Waals surface area contributed by atoms with Gasteiger partial charge in [-0.05, 0) is 31.9 Å². The molecule has 128 valence electrons. The predicted molar refractivity (Wildman–Crippen MR) is 87.6 cm³/mol. The number of hydrogen-bond donors (Lipinski definition) is 0. The highest BCUT2D eigenvalue weighted by Gasteiger charge is 2.29. The number of hydrogen-bond acceptors (Lipinski definition) is 4. The second-order valence-corrected chi connectivity index (χ2v) is 6.29. The normalized spacial score (nSPS) is 17.2. The highest BCUT2D eigenvalue weighted by Crippen LogP contribution is 2.34. The van der Waals surface area contributed by atoms with Gasteiger partial charge in [0.1, 0.15) is 22.8 Å². The summed E-state index contributed by atoms with van der Waals surface area (Å²) in [7, 11) is 1.68. The maximum atomic E-state index is 14.2. The number of amides is 1. The van der Waals surface area contributed by atoms with Gasteiger partial charge in [-0.3, -0.25) is 4.79 Å². The lowest BCUT2D eigenvalue weighted by Crippen LogP contribution is -2.34. The van der Waals surface area contributed by atoms with Crippen LogP contribution in [0.1, 0.15) is 29.0 Å². The van der Waals surface area contributed by atoms with Crippen molar-refractivity contribution in [2.45, 2.75) is 25.9 Å². The van der Waals surface area contributed by atoms with Gasteiger partial charge in [0.25, 0.3) is 5.91 Å². The number of aryl methyl sites for hydroxylation is 1. The Labute approximate surface area is 144 Å². The van der Waals surface area contributed by atoms with E-state index < -0.39 is 5.82 Å². The Morgan fingerprint density at radius 1 is 1.50 bits per heavy atom. The van der Waals surface area contributed by atoms with Gasteiger partial charge in [0.05, 0.1) is 16.7 Å². The molecule has 1 amide bonds. The third kappa shape index (κ3) is 3.16. The summed E-state index contributed by atoms with van der Waals surface area (Å²) in [6.45, 7) is 2.81. The molecule has 1 fully saturated rings. The Morgan fingerprint density at radius 2 is 2.29 bits per heavy atom. The third-order valence-corrected chi connectivity index (χ3v) is 4.44. The van der Waals surface area contributed by atoms with Crippen molar-refractivity contribution in [3.05, 3.63) is 40.4 Å². The lowest BCUT2D eigenvalue weighted by Gasteiger charge is -2.21. The number of carbonyl (C=O) groups excluding carboxylic acids is 1. The topological polar surface area (TPSA) is 55.6 Å². The summed E-state index contributed by atoms with van der Waals surface area (Å²) in [5, 5.41) is 4.04. The van der Waals surface area contributed by atoms with Gasteiger partial charge in [0, 0.05) is 20.2 Å². The van der Waals surface area contributed by atoms with Gasteiger partial charge in [-0.2, -0.15) is 0 Å². The minimum absolute atomic E-state index is 0.0274. The fourth-order valence-electron chi connectivity index (χ4n) is 2.89. The number of aromatic nitrogens is 1. The van der Waals surface area contributed by atoms with Crippen LogP contribution >= 0.6 is 11.6 Å². The molecule has 1 aromatic heterocycles. The first-order chi connectivity index (χ1) is 11.5. The highest BCUT2D eigenvalue weighted by atomic mass is 35.5. The van der Waals surface area contributed by atoms with Crippen LogP contribution in [-0.2, 0) is 4.74 Å². The van der Waals surface area contributed by atoms with E-state index in [1.165, 1.54) is 12.1 Å². The average molecular weight is 353 g/mol. The number of ether oxygens (including phenoxy) is 1. The van der Waals surface area contributed by atoms with E-state index >= 15 is 0 Å². The quantitative estimate of drug-likeness (QED) is 0.842. The smallest absolute Gasteiger partial charge is 0.259 e. The number of halogens is 2. The molecule has 0 bridgehead atoms. The van der Waals surface area contributed by atoms with Gasteiger partial charge in [-0.1, -0.05) is 22.8 Å². The summed E-state index contributed by atoms with van der Waals surface area (Å²) in [5.74, 6) is -0.515. The molecule has 0 radical (unpaired) electrons. The van der Waals surface area contributed by atoms with E-state index in [9.17, 15) is 9.18 Å². The molecule has 1 saturated heterocycles. The van der Waals surface area contributed by atoms with Crippen molar-refractivity contribution >= 4 is 17.5 Å². The first-order valence-electron chi connectivity index (χ1n) is 7.76. The molecule has 3 rings (SSSR count). The van der Waals surface area contributed by atoms with Crippen LogP contribution in [0.5, 0.6) is 0 Å². The zero-order valence-electron chi connectivity index (χ0n) is 13.5. The summed E-state index contributed by atoms with van der Waals surface area (Å²) in [4.78, 5) is 14.4. The zero-order valence-corrected chi connectivity index (χ0v) is 14.3. The van der Waals surface area contributed by atoms with Crippen molar-refractivity contribution in [2.24, 2.45) is 0 Å². The summed E-state index contributed by atoms with van der Waals surface area (Å²) < 4.78 is 24.9. The monoisotopic (exact) mass is 352 g/mol. The summed E-state index contributed by atoms with van der Waals surface area (Å²) >= 11 is 6.10. The van der Waals surface area contributed by atoms with Crippen LogP contribution in [0.25, 0.3) is 11.3 Å². The van der Waals surface area contributed by atoms with Crippen LogP contribution < -0.4 is 0 Å². The molecule has 2 aromatic rings. The summed E-state index contributed by atoms with van der Waals surface area (Å²) in [5.41, 5.74) is 0.423. The molecule has 1 aliphatic rings. The fourth-order valence-corrected chi connectivity index (χ4v) is 3.14. The van der Waals surface area contributed by atoms with Crippen LogP contribution in [-0.4, -0.2) is 42.3 Å². The van der Waals surface area contributed by atoms with E-state index in [0.717, 1.165) is 19.4 Å². The van der Waals surface area contributed by atoms with Gasteiger partial charge in [-0.25, -0.2) is 4.39 Å². The second-order valence-electron chi connectivity index (χ2n) is 5.88. The number of likely N-dealkylation sites (N-methyl/N-ethyl adjacent to an activating group) is 1. The lowest BCUT2D eigenvalue weighted by molar-refractivity contribution is 0.0586. The van der Waals surface area contributed by atoms with E-state index in [0.29, 0.717) is 12.3 Å². The van der Waals surface area contributed by atoms with Crippen LogP contribution in [0.15, 0.2) is 22.7 Å².